The Hall–Kier alpha value is -1.68. The molecular formula is C20H28IN5OS. The molecule has 0 bridgehead atoms. The minimum absolute atomic E-state index is 0. The van der Waals surface area contributed by atoms with Crippen LogP contribution in [-0.4, -0.2) is 41.9 Å². The third-order valence-corrected chi connectivity index (χ3v) is 5.55. The second-order valence-corrected chi connectivity index (χ2v) is 7.88. The lowest BCUT2D eigenvalue weighted by atomic mass is 10.00. The first kappa shape index (κ1) is 22.6. The first-order valence-corrected chi connectivity index (χ1v) is 10.2. The van der Waals surface area contributed by atoms with Gasteiger partial charge in [-0.05, 0) is 23.5 Å². The van der Waals surface area contributed by atoms with Gasteiger partial charge in [0.1, 0.15) is 5.01 Å². The number of thiazole rings is 1. The van der Waals surface area contributed by atoms with Crippen molar-refractivity contribution in [3.63, 3.8) is 0 Å². The number of rotatable bonds is 5. The number of fused-ring (bicyclic) bond motifs is 1. The van der Waals surface area contributed by atoms with Gasteiger partial charge in [-0.1, -0.05) is 38.1 Å². The number of aromatic nitrogens is 1. The van der Waals surface area contributed by atoms with Crippen LogP contribution in [0.1, 0.15) is 41.6 Å². The van der Waals surface area contributed by atoms with Gasteiger partial charge in [-0.3, -0.25) is 9.79 Å². The lowest BCUT2D eigenvalue weighted by Gasteiger charge is -2.29. The molecule has 3 rings (SSSR count). The van der Waals surface area contributed by atoms with E-state index in [2.05, 4.69) is 58.0 Å². The Morgan fingerprint density at radius 1 is 1.29 bits per heavy atom. The molecule has 152 valence electrons. The fraction of sp³-hybridized carbons (Fsp3) is 0.450. The highest BCUT2D eigenvalue weighted by Crippen LogP contribution is 2.18. The van der Waals surface area contributed by atoms with Gasteiger partial charge < -0.3 is 15.5 Å². The number of hydrogen-bond acceptors (Lipinski definition) is 4. The zero-order chi connectivity index (χ0) is 19.2. The van der Waals surface area contributed by atoms with Gasteiger partial charge in [0.05, 0.1) is 18.8 Å². The molecule has 0 atom stereocenters. The van der Waals surface area contributed by atoms with Crippen LogP contribution in [0.3, 0.4) is 0 Å². The monoisotopic (exact) mass is 513 g/mol. The van der Waals surface area contributed by atoms with Crippen molar-refractivity contribution in [3.05, 3.63) is 51.5 Å². The van der Waals surface area contributed by atoms with Crippen molar-refractivity contribution in [2.75, 3.05) is 20.1 Å². The molecule has 1 aliphatic rings. The Morgan fingerprint density at radius 3 is 2.71 bits per heavy atom. The van der Waals surface area contributed by atoms with Crippen molar-refractivity contribution in [2.45, 2.75) is 39.3 Å². The van der Waals surface area contributed by atoms with E-state index in [1.165, 1.54) is 11.1 Å². The van der Waals surface area contributed by atoms with E-state index in [9.17, 15) is 4.79 Å². The van der Waals surface area contributed by atoms with Crippen LogP contribution in [0, 0.1) is 0 Å². The predicted molar refractivity (Wildman–Crippen MR) is 125 cm³/mol. The molecule has 28 heavy (non-hydrogen) atoms. The molecule has 1 aliphatic heterocycles. The quantitative estimate of drug-likeness (QED) is 0.366. The summed E-state index contributed by atoms with van der Waals surface area (Å²) in [5.74, 6) is 1.13. The molecule has 6 nitrogen and oxygen atoms in total. The molecule has 0 saturated heterocycles. The Morgan fingerprint density at radius 2 is 2.04 bits per heavy atom. The highest BCUT2D eigenvalue weighted by molar-refractivity contribution is 14.0. The van der Waals surface area contributed by atoms with E-state index in [0.29, 0.717) is 25.0 Å². The SMILES string of the molecule is CN=C(NCC(=O)N1CCc2ccccc2C1)NCc1nc(C(C)C)cs1.I. The van der Waals surface area contributed by atoms with E-state index in [1.807, 2.05) is 11.0 Å². The van der Waals surface area contributed by atoms with Crippen LogP contribution in [-0.2, 0) is 24.3 Å². The fourth-order valence-electron chi connectivity index (χ4n) is 3.03. The van der Waals surface area contributed by atoms with Crippen LogP contribution in [0.25, 0.3) is 0 Å². The van der Waals surface area contributed by atoms with Crippen LogP contribution >= 0.6 is 35.3 Å². The van der Waals surface area contributed by atoms with Gasteiger partial charge in [-0.25, -0.2) is 4.98 Å². The van der Waals surface area contributed by atoms with Crippen molar-refractivity contribution < 1.29 is 4.79 Å². The number of aliphatic imine (C=N–C) groups is 1. The maximum atomic E-state index is 12.6. The van der Waals surface area contributed by atoms with Crippen molar-refractivity contribution in [1.82, 2.24) is 20.5 Å². The summed E-state index contributed by atoms with van der Waals surface area (Å²) in [6.07, 6.45) is 0.914. The van der Waals surface area contributed by atoms with Gasteiger partial charge in [0.2, 0.25) is 5.91 Å². The van der Waals surface area contributed by atoms with Crippen LogP contribution in [0.2, 0.25) is 0 Å². The zero-order valence-electron chi connectivity index (χ0n) is 16.6. The van der Waals surface area contributed by atoms with Crippen LogP contribution < -0.4 is 10.6 Å². The summed E-state index contributed by atoms with van der Waals surface area (Å²) in [5, 5.41) is 9.45. The molecule has 1 aromatic heterocycles. The summed E-state index contributed by atoms with van der Waals surface area (Å²) in [5.41, 5.74) is 3.70. The van der Waals surface area contributed by atoms with Gasteiger partial charge in [0, 0.05) is 25.5 Å². The van der Waals surface area contributed by atoms with Gasteiger partial charge in [-0.15, -0.1) is 35.3 Å². The number of hydrogen-bond donors (Lipinski definition) is 2. The average Bonchev–Trinajstić information content (AvgIpc) is 3.17. The summed E-state index contributed by atoms with van der Waals surface area (Å²) < 4.78 is 0. The lowest BCUT2D eigenvalue weighted by Crippen LogP contribution is -2.45. The Kier molecular flexibility index (Phi) is 8.68. The normalized spacial score (nSPS) is 13.7. The molecule has 0 fully saturated rings. The zero-order valence-corrected chi connectivity index (χ0v) is 19.7. The van der Waals surface area contributed by atoms with E-state index >= 15 is 0 Å². The second-order valence-electron chi connectivity index (χ2n) is 6.93. The van der Waals surface area contributed by atoms with Crippen molar-refractivity contribution in [3.8, 4) is 0 Å². The molecule has 2 N–H and O–H groups in total. The number of carbonyl (C=O) groups is 1. The molecule has 0 radical (unpaired) electrons. The summed E-state index contributed by atoms with van der Waals surface area (Å²) in [7, 11) is 1.71. The standard InChI is InChI=1S/C20H27N5OS.HI/c1-14(2)17-13-27-18(24-17)10-22-20(21-3)23-11-19(26)25-9-8-15-6-4-5-7-16(15)12-25;/h4-7,13-14H,8-12H2,1-3H3,(H2,21,22,23);1H. The third kappa shape index (κ3) is 5.91. The van der Waals surface area contributed by atoms with E-state index in [0.717, 1.165) is 23.7 Å². The first-order valence-electron chi connectivity index (χ1n) is 9.30. The van der Waals surface area contributed by atoms with E-state index in [4.69, 9.17) is 0 Å². The topological polar surface area (TPSA) is 69.6 Å². The van der Waals surface area contributed by atoms with Crippen LogP contribution in [0.4, 0.5) is 0 Å². The maximum Gasteiger partial charge on any atom is 0.242 e. The Bertz CT molecular complexity index is 820. The van der Waals surface area contributed by atoms with Crippen LogP contribution in [0.15, 0.2) is 34.6 Å². The van der Waals surface area contributed by atoms with E-state index in [-0.39, 0.29) is 36.4 Å². The summed E-state index contributed by atoms with van der Waals surface area (Å²) in [4.78, 5) is 23.3. The number of nitrogens with zero attached hydrogens (tertiary/aromatic N) is 3. The highest BCUT2D eigenvalue weighted by atomic mass is 127. The fourth-order valence-corrected chi connectivity index (χ4v) is 3.93. The molecule has 8 heteroatoms. The Balaban J connectivity index is 0.00000280. The number of guanidine groups is 1. The molecule has 0 unspecified atom stereocenters. The number of halogens is 1. The number of carbonyl (C=O) groups excluding carboxylic acids is 1. The summed E-state index contributed by atoms with van der Waals surface area (Å²) >= 11 is 1.64. The number of benzene rings is 1. The predicted octanol–water partition coefficient (Wildman–Crippen LogP) is 3.13. The largest absolute Gasteiger partial charge is 0.350 e. The molecule has 0 spiro atoms. The second kappa shape index (κ2) is 10.8. The van der Waals surface area contributed by atoms with E-state index < -0.39 is 0 Å². The molecular weight excluding hydrogens is 485 g/mol. The number of nitrogens with one attached hydrogen (secondary N) is 2. The molecule has 2 heterocycles. The summed E-state index contributed by atoms with van der Waals surface area (Å²) in [6, 6.07) is 8.33. The minimum Gasteiger partial charge on any atom is -0.350 e. The lowest BCUT2D eigenvalue weighted by molar-refractivity contribution is -0.130. The van der Waals surface area contributed by atoms with Gasteiger partial charge in [0.15, 0.2) is 5.96 Å². The Labute approximate surface area is 187 Å². The average molecular weight is 513 g/mol. The maximum absolute atomic E-state index is 12.6. The van der Waals surface area contributed by atoms with Gasteiger partial charge in [-0.2, -0.15) is 0 Å². The summed E-state index contributed by atoms with van der Waals surface area (Å²) in [6.45, 7) is 6.55. The number of amides is 1. The highest BCUT2D eigenvalue weighted by Gasteiger charge is 2.20. The van der Waals surface area contributed by atoms with Crippen LogP contribution in [0.5, 0.6) is 0 Å². The van der Waals surface area contributed by atoms with Crippen molar-refractivity contribution >= 4 is 47.2 Å². The molecule has 0 saturated carbocycles. The smallest absolute Gasteiger partial charge is 0.242 e. The third-order valence-electron chi connectivity index (χ3n) is 4.68. The van der Waals surface area contributed by atoms with Crippen molar-refractivity contribution in [1.29, 1.82) is 0 Å². The molecule has 1 aromatic carbocycles. The molecule has 0 aliphatic carbocycles. The first-order chi connectivity index (χ1) is 13.1. The molecule has 2 aromatic rings. The van der Waals surface area contributed by atoms with Crippen molar-refractivity contribution in [2.24, 2.45) is 4.99 Å². The van der Waals surface area contributed by atoms with E-state index in [1.54, 1.807) is 18.4 Å². The molecule has 1 amide bonds. The van der Waals surface area contributed by atoms with Gasteiger partial charge >= 0.3 is 0 Å². The minimum atomic E-state index is 0. The van der Waals surface area contributed by atoms with Gasteiger partial charge in [0.25, 0.3) is 0 Å².